The fourth-order valence-corrected chi connectivity index (χ4v) is 2.67. The minimum absolute atomic E-state index is 0.0250. The second-order valence-corrected chi connectivity index (χ2v) is 5.41. The number of benzene rings is 1. The van der Waals surface area contributed by atoms with E-state index in [-0.39, 0.29) is 6.61 Å². The van der Waals surface area contributed by atoms with E-state index in [1.165, 1.54) is 0 Å². The van der Waals surface area contributed by atoms with Crippen LogP contribution < -0.4 is 0 Å². The standard InChI is InChI=1S/C16H15ClN2O/c1-11-4-12(7-18-6-11)8-19-9-13(10-20)15-3-2-14(17)5-16(15)19/h2-7,9,20H,8,10H2,1H3. The van der Waals surface area contributed by atoms with Crippen molar-refractivity contribution in [3.8, 4) is 0 Å². The first-order valence-electron chi connectivity index (χ1n) is 6.46. The number of nitrogens with zero attached hydrogens (tertiary/aromatic N) is 2. The highest BCUT2D eigenvalue weighted by Gasteiger charge is 2.09. The van der Waals surface area contributed by atoms with E-state index in [1.54, 1.807) is 0 Å². The highest BCUT2D eigenvalue weighted by molar-refractivity contribution is 6.31. The Kier molecular flexibility index (Phi) is 3.47. The molecule has 20 heavy (non-hydrogen) atoms. The van der Waals surface area contributed by atoms with Gasteiger partial charge in [0.1, 0.15) is 0 Å². The third-order valence-electron chi connectivity index (χ3n) is 3.38. The molecule has 0 aliphatic rings. The van der Waals surface area contributed by atoms with E-state index < -0.39 is 0 Å². The van der Waals surface area contributed by atoms with Gasteiger partial charge in [0.25, 0.3) is 0 Å². The van der Waals surface area contributed by atoms with E-state index in [0.717, 1.165) is 27.6 Å². The van der Waals surface area contributed by atoms with Crippen LogP contribution in [0.15, 0.2) is 42.9 Å². The zero-order chi connectivity index (χ0) is 14.1. The molecule has 1 N–H and O–H groups in total. The number of rotatable bonds is 3. The molecule has 2 aromatic heterocycles. The van der Waals surface area contributed by atoms with E-state index in [9.17, 15) is 5.11 Å². The summed E-state index contributed by atoms with van der Waals surface area (Å²) in [4.78, 5) is 4.22. The van der Waals surface area contributed by atoms with Gasteiger partial charge in [-0.05, 0) is 30.2 Å². The Labute approximate surface area is 122 Å². The van der Waals surface area contributed by atoms with Gasteiger partial charge in [0.2, 0.25) is 0 Å². The number of pyridine rings is 1. The van der Waals surface area contributed by atoms with E-state index in [1.807, 2.05) is 43.7 Å². The molecule has 102 valence electrons. The monoisotopic (exact) mass is 286 g/mol. The molecule has 0 fully saturated rings. The van der Waals surface area contributed by atoms with Crippen LogP contribution in [0, 0.1) is 6.92 Å². The molecular weight excluding hydrogens is 272 g/mol. The first-order valence-corrected chi connectivity index (χ1v) is 6.84. The van der Waals surface area contributed by atoms with E-state index in [0.29, 0.717) is 11.6 Å². The molecule has 3 nitrogen and oxygen atoms in total. The van der Waals surface area contributed by atoms with Crippen LogP contribution >= 0.6 is 11.6 Å². The van der Waals surface area contributed by atoms with E-state index >= 15 is 0 Å². The number of aryl methyl sites for hydroxylation is 1. The molecule has 0 radical (unpaired) electrons. The van der Waals surface area contributed by atoms with Gasteiger partial charge in [-0.3, -0.25) is 4.98 Å². The van der Waals surface area contributed by atoms with Crippen LogP contribution in [0.4, 0.5) is 0 Å². The summed E-state index contributed by atoms with van der Waals surface area (Å²) < 4.78 is 2.10. The minimum atomic E-state index is 0.0250. The van der Waals surface area contributed by atoms with Crippen LogP contribution in [0.3, 0.4) is 0 Å². The third kappa shape index (κ3) is 2.42. The van der Waals surface area contributed by atoms with Crippen molar-refractivity contribution >= 4 is 22.5 Å². The molecule has 0 saturated heterocycles. The number of aliphatic hydroxyl groups is 1. The first kappa shape index (κ1) is 13.2. The zero-order valence-corrected chi connectivity index (χ0v) is 11.9. The van der Waals surface area contributed by atoms with Gasteiger partial charge in [0.05, 0.1) is 12.1 Å². The van der Waals surface area contributed by atoms with Crippen LogP contribution in [0.1, 0.15) is 16.7 Å². The number of aromatic nitrogens is 2. The summed E-state index contributed by atoms with van der Waals surface area (Å²) in [6, 6.07) is 7.84. The van der Waals surface area contributed by atoms with Crippen LogP contribution in [0.5, 0.6) is 0 Å². The van der Waals surface area contributed by atoms with Gasteiger partial charge in [0.15, 0.2) is 0 Å². The van der Waals surface area contributed by atoms with Gasteiger partial charge in [-0.1, -0.05) is 23.7 Å². The highest BCUT2D eigenvalue weighted by Crippen LogP contribution is 2.25. The van der Waals surface area contributed by atoms with Crippen LogP contribution in [-0.2, 0) is 13.2 Å². The predicted molar refractivity (Wildman–Crippen MR) is 80.9 cm³/mol. The highest BCUT2D eigenvalue weighted by atomic mass is 35.5. The van der Waals surface area contributed by atoms with Crippen molar-refractivity contribution in [2.45, 2.75) is 20.1 Å². The maximum Gasteiger partial charge on any atom is 0.0702 e. The quantitative estimate of drug-likeness (QED) is 0.800. The summed E-state index contributed by atoms with van der Waals surface area (Å²) >= 11 is 6.08. The van der Waals surface area contributed by atoms with Gasteiger partial charge in [-0.25, -0.2) is 0 Å². The number of halogens is 1. The number of hydrogen-bond donors (Lipinski definition) is 1. The summed E-state index contributed by atoms with van der Waals surface area (Å²) in [6.45, 7) is 2.77. The Morgan fingerprint density at radius 3 is 2.85 bits per heavy atom. The van der Waals surface area contributed by atoms with Crippen molar-refractivity contribution in [3.05, 3.63) is 64.6 Å². The Balaban J connectivity index is 2.09. The Morgan fingerprint density at radius 2 is 2.10 bits per heavy atom. The summed E-state index contributed by atoms with van der Waals surface area (Å²) in [5, 5.41) is 11.2. The molecule has 0 unspecified atom stereocenters. The van der Waals surface area contributed by atoms with Crippen LogP contribution in [0.25, 0.3) is 10.9 Å². The molecule has 0 spiro atoms. The normalized spacial score (nSPS) is 11.2. The van der Waals surface area contributed by atoms with Gasteiger partial charge in [-0.2, -0.15) is 0 Å². The topological polar surface area (TPSA) is 38.0 Å². The van der Waals surface area contributed by atoms with E-state index in [2.05, 4.69) is 15.6 Å². The van der Waals surface area contributed by atoms with Crippen molar-refractivity contribution in [2.75, 3.05) is 0 Å². The third-order valence-corrected chi connectivity index (χ3v) is 3.62. The molecule has 0 amide bonds. The second kappa shape index (κ2) is 5.27. The molecule has 2 heterocycles. The lowest BCUT2D eigenvalue weighted by Crippen LogP contribution is -1.99. The molecule has 3 rings (SSSR count). The Hall–Kier alpha value is -1.84. The maximum atomic E-state index is 9.47. The molecular formula is C16H15ClN2O. The number of aliphatic hydroxyl groups excluding tert-OH is 1. The van der Waals surface area contributed by atoms with E-state index in [4.69, 9.17) is 11.6 Å². The van der Waals surface area contributed by atoms with Crippen molar-refractivity contribution < 1.29 is 5.11 Å². The van der Waals surface area contributed by atoms with Crippen molar-refractivity contribution in [1.82, 2.24) is 9.55 Å². The lowest BCUT2D eigenvalue weighted by Gasteiger charge is -2.06. The molecule has 4 heteroatoms. The molecule has 1 aromatic carbocycles. The minimum Gasteiger partial charge on any atom is -0.392 e. The Bertz CT molecular complexity index is 764. The largest absolute Gasteiger partial charge is 0.392 e. The zero-order valence-electron chi connectivity index (χ0n) is 11.2. The van der Waals surface area contributed by atoms with Crippen LogP contribution in [0.2, 0.25) is 5.02 Å². The first-order chi connectivity index (χ1) is 9.67. The molecule has 0 aliphatic heterocycles. The average Bonchev–Trinajstić information content (AvgIpc) is 2.76. The molecule has 3 aromatic rings. The molecule has 0 saturated carbocycles. The SMILES string of the molecule is Cc1cncc(Cn2cc(CO)c3ccc(Cl)cc32)c1. The van der Waals surface area contributed by atoms with Gasteiger partial charge >= 0.3 is 0 Å². The second-order valence-electron chi connectivity index (χ2n) is 4.97. The summed E-state index contributed by atoms with van der Waals surface area (Å²) in [5.74, 6) is 0. The molecule has 0 aliphatic carbocycles. The lowest BCUT2D eigenvalue weighted by molar-refractivity contribution is 0.283. The number of hydrogen-bond acceptors (Lipinski definition) is 2. The fraction of sp³-hybridized carbons (Fsp3) is 0.188. The smallest absolute Gasteiger partial charge is 0.0702 e. The van der Waals surface area contributed by atoms with Gasteiger partial charge in [0, 0.05) is 41.1 Å². The molecule has 0 bridgehead atoms. The van der Waals surface area contributed by atoms with Crippen molar-refractivity contribution in [1.29, 1.82) is 0 Å². The van der Waals surface area contributed by atoms with Crippen molar-refractivity contribution in [2.24, 2.45) is 0 Å². The average molecular weight is 287 g/mol. The van der Waals surface area contributed by atoms with Crippen LogP contribution in [-0.4, -0.2) is 14.7 Å². The molecule has 0 atom stereocenters. The van der Waals surface area contributed by atoms with Crippen molar-refractivity contribution in [3.63, 3.8) is 0 Å². The summed E-state index contributed by atoms with van der Waals surface area (Å²) in [7, 11) is 0. The number of fused-ring (bicyclic) bond motifs is 1. The fourth-order valence-electron chi connectivity index (χ4n) is 2.50. The maximum absolute atomic E-state index is 9.47. The summed E-state index contributed by atoms with van der Waals surface area (Å²) in [5.41, 5.74) is 4.21. The van der Waals surface area contributed by atoms with Gasteiger partial charge < -0.3 is 9.67 Å². The van der Waals surface area contributed by atoms with Gasteiger partial charge in [-0.15, -0.1) is 0 Å². The lowest BCUT2D eigenvalue weighted by atomic mass is 10.2. The Morgan fingerprint density at radius 1 is 1.25 bits per heavy atom. The predicted octanol–water partition coefficient (Wildman–Crippen LogP) is 3.54. The summed E-state index contributed by atoms with van der Waals surface area (Å²) in [6.07, 6.45) is 5.68.